The summed E-state index contributed by atoms with van der Waals surface area (Å²) < 4.78 is 0. The molecule has 1 rings (SSSR count). The first-order valence-electron chi connectivity index (χ1n) is 7.99. The quantitative estimate of drug-likeness (QED) is 0.392. The molecule has 0 unspecified atom stereocenters. The molecule has 6 nitrogen and oxygen atoms in total. The Kier molecular flexibility index (Phi) is 8.11. The number of carbonyl (C=O) groups is 2. The lowest BCUT2D eigenvalue weighted by Gasteiger charge is -2.15. The molecule has 0 heterocycles. The van der Waals surface area contributed by atoms with Crippen LogP contribution in [0.2, 0.25) is 0 Å². The van der Waals surface area contributed by atoms with Gasteiger partial charge in [0.2, 0.25) is 5.91 Å². The van der Waals surface area contributed by atoms with E-state index in [1.165, 1.54) is 6.07 Å². The van der Waals surface area contributed by atoms with E-state index < -0.39 is 17.9 Å². The number of benzene rings is 1. The van der Waals surface area contributed by atoms with Crippen molar-refractivity contribution >= 4 is 17.6 Å². The number of hydrogen-bond donors (Lipinski definition) is 4. The van der Waals surface area contributed by atoms with Crippen LogP contribution >= 0.6 is 0 Å². The van der Waals surface area contributed by atoms with Gasteiger partial charge >= 0.3 is 5.97 Å². The van der Waals surface area contributed by atoms with Crippen molar-refractivity contribution in [1.29, 1.82) is 0 Å². The van der Waals surface area contributed by atoms with Gasteiger partial charge in [0.05, 0.1) is 12.1 Å². The summed E-state index contributed by atoms with van der Waals surface area (Å²) in [5, 5.41) is 24.4. The number of hydrogen-bond acceptors (Lipinski definition) is 4. The van der Waals surface area contributed by atoms with Crippen molar-refractivity contribution in [3.8, 4) is 5.75 Å². The molecule has 0 aromatic heterocycles. The van der Waals surface area contributed by atoms with Crippen LogP contribution in [0.15, 0.2) is 18.2 Å². The van der Waals surface area contributed by atoms with Gasteiger partial charge < -0.3 is 20.8 Å². The minimum absolute atomic E-state index is 0.0386. The molecule has 1 aromatic rings. The molecule has 1 amide bonds. The van der Waals surface area contributed by atoms with Crippen molar-refractivity contribution in [2.24, 2.45) is 0 Å². The Morgan fingerprint density at radius 3 is 2.61 bits per heavy atom. The van der Waals surface area contributed by atoms with Gasteiger partial charge in [0, 0.05) is 0 Å². The fraction of sp³-hybridized carbons (Fsp3) is 0.529. The number of carbonyl (C=O) groups excluding carboxylic acids is 1. The number of phenolic OH excluding ortho intramolecular Hbond substituents is 1. The number of unbranched alkanes of at least 4 members (excludes halogenated alkanes) is 3. The van der Waals surface area contributed by atoms with E-state index in [-0.39, 0.29) is 12.2 Å². The van der Waals surface area contributed by atoms with Gasteiger partial charge in [0.15, 0.2) is 0 Å². The van der Waals surface area contributed by atoms with Crippen molar-refractivity contribution < 1.29 is 19.8 Å². The number of nitrogens with one attached hydrogen (secondary N) is 2. The molecule has 4 N–H and O–H groups in total. The first-order chi connectivity index (χ1) is 10.9. The lowest BCUT2D eigenvalue weighted by atomic mass is 10.1. The first-order valence-corrected chi connectivity index (χ1v) is 7.99. The molecule has 0 bridgehead atoms. The van der Waals surface area contributed by atoms with Gasteiger partial charge in [-0.15, -0.1) is 0 Å². The monoisotopic (exact) mass is 322 g/mol. The van der Waals surface area contributed by atoms with E-state index in [9.17, 15) is 19.8 Å². The largest absolute Gasteiger partial charge is 0.506 e. The summed E-state index contributed by atoms with van der Waals surface area (Å²) >= 11 is 0. The molecule has 0 fully saturated rings. The molecule has 0 spiro atoms. The molecule has 0 aliphatic carbocycles. The van der Waals surface area contributed by atoms with Crippen molar-refractivity contribution in [2.75, 3.05) is 11.9 Å². The fourth-order valence-corrected chi connectivity index (χ4v) is 2.21. The van der Waals surface area contributed by atoms with E-state index >= 15 is 0 Å². The second kappa shape index (κ2) is 9.84. The Balaban J connectivity index is 2.50. The Labute approximate surface area is 136 Å². The lowest BCUT2D eigenvalue weighted by molar-refractivity contribution is -0.141. The Morgan fingerprint density at radius 1 is 1.22 bits per heavy atom. The maximum atomic E-state index is 12.0. The maximum absolute atomic E-state index is 12.0. The molecule has 128 valence electrons. The van der Waals surface area contributed by atoms with E-state index in [1.54, 1.807) is 12.1 Å². The Hall–Kier alpha value is -2.08. The van der Waals surface area contributed by atoms with Crippen LogP contribution in [0.1, 0.15) is 44.6 Å². The number of carboxylic acids is 1. The second-order valence-corrected chi connectivity index (χ2v) is 5.68. The molecular formula is C17H26N2O4. The summed E-state index contributed by atoms with van der Waals surface area (Å²) in [6, 6.07) is 3.93. The Morgan fingerprint density at radius 2 is 1.96 bits per heavy atom. The highest BCUT2D eigenvalue weighted by molar-refractivity contribution is 5.95. The summed E-state index contributed by atoms with van der Waals surface area (Å²) in [4.78, 5) is 23.2. The van der Waals surface area contributed by atoms with E-state index in [0.29, 0.717) is 12.2 Å². The van der Waals surface area contributed by atoms with Crippen LogP contribution < -0.4 is 10.6 Å². The highest BCUT2D eigenvalue weighted by atomic mass is 16.4. The molecule has 0 aliphatic heterocycles. The van der Waals surface area contributed by atoms with Gasteiger partial charge in [-0.2, -0.15) is 0 Å². The van der Waals surface area contributed by atoms with E-state index in [1.807, 2.05) is 6.92 Å². The van der Waals surface area contributed by atoms with Gasteiger partial charge in [-0.05, 0) is 37.6 Å². The summed E-state index contributed by atoms with van der Waals surface area (Å²) in [7, 11) is 0. The zero-order valence-corrected chi connectivity index (χ0v) is 13.8. The van der Waals surface area contributed by atoms with Crippen molar-refractivity contribution in [3.63, 3.8) is 0 Å². The molecule has 0 aliphatic rings. The number of aryl methyl sites for hydroxylation is 1. The highest BCUT2D eigenvalue weighted by Gasteiger charge is 2.21. The molecule has 0 saturated heterocycles. The number of amides is 1. The topological polar surface area (TPSA) is 98.7 Å². The van der Waals surface area contributed by atoms with Gasteiger partial charge in [-0.1, -0.05) is 32.3 Å². The zero-order chi connectivity index (χ0) is 17.2. The third-order valence-corrected chi connectivity index (χ3v) is 3.53. The minimum atomic E-state index is -1.05. The lowest BCUT2D eigenvalue weighted by Crippen LogP contribution is -2.40. The predicted molar refractivity (Wildman–Crippen MR) is 89.7 cm³/mol. The number of aliphatic carboxylic acids is 1. The van der Waals surface area contributed by atoms with Crippen LogP contribution in [-0.4, -0.2) is 34.7 Å². The SMILES string of the molecule is CCCCCCN[C@@H](CC(=O)Nc1cc(C)ccc1O)C(=O)O. The predicted octanol–water partition coefficient (Wildman–Crippen LogP) is 2.65. The summed E-state index contributed by atoms with van der Waals surface area (Å²) in [6.07, 6.45) is 3.98. The van der Waals surface area contributed by atoms with Crippen LogP contribution in [0.3, 0.4) is 0 Å². The van der Waals surface area contributed by atoms with Crippen LogP contribution in [0.25, 0.3) is 0 Å². The normalized spacial score (nSPS) is 11.9. The minimum Gasteiger partial charge on any atom is -0.506 e. The van der Waals surface area contributed by atoms with E-state index in [2.05, 4.69) is 17.6 Å². The van der Waals surface area contributed by atoms with Crippen LogP contribution in [0.5, 0.6) is 5.75 Å². The third kappa shape index (κ3) is 7.15. The summed E-state index contributed by atoms with van der Waals surface area (Å²) in [5.74, 6) is -1.54. The second-order valence-electron chi connectivity index (χ2n) is 5.68. The molecule has 6 heteroatoms. The van der Waals surface area contributed by atoms with Crippen LogP contribution in [-0.2, 0) is 9.59 Å². The summed E-state index contributed by atoms with van der Waals surface area (Å²) in [6.45, 7) is 4.52. The van der Waals surface area contributed by atoms with E-state index in [0.717, 1.165) is 31.2 Å². The van der Waals surface area contributed by atoms with Crippen molar-refractivity contribution in [2.45, 2.75) is 52.0 Å². The summed E-state index contributed by atoms with van der Waals surface area (Å²) in [5.41, 5.74) is 1.18. The van der Waals surface area contributed by atoms with E-state index in [4.69, 9.17) is 0 Å². The number of anilines is 1. The standard InChI is InChI=1S/C17H26N2O4/c1-3-4-5-6-9-18-14(17(22)23)11-16(21)19-13-10-12(2)7-8-15(13)20/h7-8,10,14,18,20H,3-6,9,11H2,1-2H3,(H,19,21)(H,22,23)/t14-/m0/s1. The molecule has 0 saturated carbocycles. The van der Waals surface area contributed by atoms with Gasteiger partial charge in [-0.25, -0.2) is 0 Å². The first kappa shape index (κ1) is 19.0. The van der Waals surface area contributed by atoms with Crippen molar-refractivity contribution in [1.82, 2.24) is 5.32 Å². The molecule has 23 heavy (non-hydrogen) atoms. The number of carboxylic acid groups (broad SMARTS) is 1. The number of rotatable bonds is 10. The molecular weight excluding hydrogens is 296 g/mol. The van der Waals surface area contributed by atoms with Gasteiger partial charge in [0.25, 0.3) is 0 Å². The van der Waals surface area contributed by atoms with Gasteiger partial charge in [0.1, 0.15) is 11.8 Å². The van der Waals surface area contributed by atoms with Gasteiger partial charge in [-0.3, -0.25) is 9.59 Å². The third-order valence-electron chi connectivity index (χ3n) is 3.53. The number of phenols is 1. The van der Waals surface area contributed by atoms with Crippen LogP contribution in [0, 0.1) is 6.92 Å². The van der Waals surface area contributed by atoms with Crippen LogP contribution in [0.4, 0.5) is 5.69 Å². The zero-order valence-electron chi connectivity index (χ0n) is 13.8. The molecule has 0 radical (unpaired) electrons. The average Bonchev–Trinajstić information content (AvgIpc) is 2.49. The highest BCUT2D eigenvalue weighted by Crippen LogP contribution is 2.24. The number of aromatic hydroxyl groups is 1. The molecule has 1 atom stereocenters. The maximum Gasteiger partial charge on any atom is 0.321 e. The Bertz CT molecular complexity index is 531. The molecule has 1 aromatic carbocycles. The average molecular weight is 322 g/mol. The fourth-order valence-electron chi connectivity index (χ4n) is 2.21. The smallest absolute Gasteiger partial charge is 0.321 e. The van der Waals surface area contributed by atoms with Crippen molar-refractivity contribution in [3.05, 3.63) is 23.8 Å².